The maximum Gasteiger partial charge on any atom is 0.341 e. The molecule has 3 aromatic rings. The fourth-order valence-electron chi connectivity index (χ4n) is 3.43. The van der Waals surface area contributed by atoms with Gasteiger partial charge in [-0.1, -0.05) is 41.9 Å². The summed E-state index contributed by atoms with van der Waals surface area (Å²) in [7, 11) is 0. The Bertz CT molecular complexity index is 1120. The molecule has 0 saturated carbocycles. The minimum Gasteiger partial charge on any atom is -0.481 e. The molecule has 2 aromatic carbocycles. The molecule has 5 nitrogen and oxygen atoms in total. The lowest BCUT2D eigenvalue weighted by atomic mass is 10.0. The number of thiophene rings is 1. The number of anilines is 1. The molecule has 3 rings (SSSR count). The molecule has 1 amide bonds. The van der Waals surface area contributed by atoms with Gasteiger partial charge >= 0.3 is 5.97 Å². The van der Waals surface area contributed by atoms with Gasteiger partial charge in [-0.15, -0.1) is 11.3 Å². The van der Waals surface area contributed by atoms with E-state index < -0.39 is 12.1 Å². The lowest BCUT2D eigenvalue weighted by Crippen LogP contribution is -2.30. The van der Waals surface area contributed by atoms with Crippen molar-refractivity contribution in [2.24, 2.45) is 0 Å². The van der Waals surface area contributed by atoms with Crippen molar-refractivity contribution in [3.63, 3.8) is 0 Å². The van der Waals surface area contributed by atoms with E-state index in [2.05, 4.69) is 5.32 Å². The van der Waals surface area contributed by atoms with Gasteiger partial charge < -0.3 is 14.8 Å². The second kappa shape index (κ2) is 10.2. The van der Waals surface area contributed by atoms with E-state index in [1.54, 1.807) is 26.0 Å². The van der Waals surface area contributed by atoms with Crippen molar-refractivity contribution in [3.8, 4) is 16.9 Å². The number of hydrogen-bond acceptors (Lipinski definition) is 5. The number of amides is 1. The molecule has 0 bridgehead atoms. The van der Waals surface area contributed by atoms with Gasteiger partial charge in [0.05, 0.1) is 6.61 Å². The summed E-state index contributed by atoms with van der Waals surface area (Å²) in [6, 6.07) is 13.2. The summed E-state index contributed by atoms with van der Waals surface area (Å²) < 4.78 is 11.1. The second-order valence-corrected chi connectivity index (χ2v) is 9.05. The number of carbonyl (C=O) groups is 2. The van der Waals surface area contributed by atoms with Crippen LogP contribution in [-0.2, 0) is 9.53 Å². The molecule has 0 saturated heterocycles. The average molecular weight is 472 g/mol. The first-order valence-electron chi connectivity index (χ1n) is 10.3. The normalized spacial score (nSPS) is 11.7. The Morgan fingerprint density at radius 1 is 1.09 bits per heavy atom. The molecule has 168 valence electrons. The van der Waals surface area contributed by atoms with E-state index >= 15 is 0 Å². The van der Waals surface area contributed by atoms with Crippen LogP contribution in [-0.4, -0.2) is 24.6 Å². The van der Waals surface area contributed by atoms with Crippen molar-refractivity contribution < 1.29 is 19.1 Å². The van der Waals surface area contributed by atoms with Gasteiger partial charge in [-0.25, -0.2) is 4.79 Å². The number of rotatable bonds is 7. The molecule has 7 heteroatoms. The molecule has 1 aromatic heterocycles. The van der Waals surface area contributed by atoms with Crippen LogP contribution >= 0.6 is 22.9 Å². The molecule has 0 aliphatic heterocycles. The summed E-state index contributed by atoms with van der Waals surface area (Å²) >= 11 is 7.56. The summed E-state index contributed by atoms with van der Waals surface area (Å²) in [6.07, 6.45) is -0.785. The van der Waals surface area contributed by atoms with Gasteiger partial charge in [0.15, 0.2) is 6.10 Å². The average Bonchev–Trinajstić information content (AvgIpc) is 3.08. The first-order chi connectivity index (χ1) is 15.2. The smallest absolute Gasteiger partial charge is 0.341 e. The van der Waals surface area contributed by atoms with Crippen LogP contribution in [0.3, 0.4) is 0 Å². The minimum absolute atomic E-state index is 0.240. The molecule has 32 heavy (non-hydrogen) atoms. The highest BCUT2D eigenvalue weighted by molar-refractivity contribution is 7.17. The monoisotopic (exact) mass is 471 g/mol. The third-order valence-corrected chi connectivity index (χ3v) is 6.57. The van der Waals surface area contributed by atoms with Crippen molar-refractivity contribution in [1.82, 2.24) is 0 Å². The van der Waals surface area contributed by atoms with E-state index in [1.807, 2.05) is 51.1 Å². The maximum atomic E-state index is 12.9. The molecule has 1 atom stereocenters. The van der Waals surface area contributed by atoms with Gasteiger partial charge in [0.25, 0.3) is 5.91 Å². The molecule has 1 N–H and O–H groups in total. The predicted molar refractivity (Wildman–Crippen MR) is 130 cm³/mol. The SMILES string of the molecule is CCOC(=O)c1c(NC(=O)C(C)Oc2cc(C)c(Cl)c(C)c2)sc(C)c1-c1ccccc1. The molecule has 0 aliphatic rings. The summed E-state index contributed by atoms with van der Waals surface area (Å²) in [4.78, 5) is 26.7. The number of benzene rings is 2. The minimum atomic E-state index is -0.785. The van der Waals surface area contributed by atoms with Crippen LogP contribution in [0.1, 0.15) is 40.2 Å². The van der Waals surface area contributed by atoms with Gasteiger partial charge in [-0.3, -0.25) is 4.79 Å². The van der Waals surface area contributed by atoms with Gasteiger partial charge in [-0.2, -0.15) is 0 Å². The number of esters is 1. The highest BCUT2D eigenvalue weighted by atomic mass is 35.5. The first-order valence-corrected chi connectivity index (χ1v) is 11.5. The second-order valence-electron chi connectivity index (χ2n) is 7.44. The van der Waals surface area contributed by atoms with Gasteiger partial charge in [0, 0.05) is 15.5 Å². The van der Waals surface area contributed by atoms with E-state index in [9.17, 15) is 9.59 Å². The Hall–Kier alpha value is -2.83. The van der Waals surface area contributed by atoms with E-state index in [1.165, 1.54) is 11.3 Å². The number of ether oxygens (including phenoxy) is 2. The molecule has 0 radical (unpaired) electrons. The van der Waals surface area contributed by atoms with Gasteiger partial charge in [0.2, 0.25) is 0 Å². The largest absolute Gasteiger partial charge is 0.481 e. The molecule has 1 unspecified atom stereocenters. The third-order valence-electron chi connectivity index (χ3n) is 4.96. The van der Waals surface area contributed by atoms with Gasteiger partial charge in [-0.05, 0) is 63.4 Å². The first kappa shape index (κ1) is 23.8. The summed E-state index contributed by atoms with van der Waals surface area (Å²) in [5.74, 6) is -0.268. The fourth-order valence-corrected chi connectivity index (χ4v) is 4.60. The summed E-state index contributed by atoms with van der Waals surface area (Å²) in [5.41, 5.74) is 3.77. The van der Waals surface area contributed by atoms with Crippen molar-refractivity contribution in [2.75, 3.05) is 11.9 Å². The summed E-state index contributed by atoms with van der Waals surface area (Å²) in [5, 5.41) is 3.99. The Kier molecular flexibility index (Phi) is 7.59. The van der Waals surface area contributed by atoms with E-state index in [4.69, 9.17) is 21.1 Å². The van der Waals surface area contributed by atoms with E-state index in [0.29, 0.717) is 21.3 Å². The van der Waals surface area contributed by atoms with Crippen molar-refractivity contribution >= 4 is 39.8 Å². The Morgan fingerprint density at radius 3 is 2.31 bits per heavy atom. The molecule has 0 fully saturated rings. The quantitative estimate of drug-likeness (QED) is 0.395. The van der Waals surface area contributed by atoms with Crippen molar-refractivity contribution in [2.45, 2.75) is 40.7 Å². The zero-order valence-electron chi connectivity index (χ0n) is 18.7. The molecular formula is C25H26ClNO4S. The van der Waals surface area contributed by atoms with Crippen molar-refractivity contribution in [3.05, 3.63) is 69.1 Å². The van der Waals surface area contributed by atoms with Crippen LogP contribution in [0, 0.1) is 20.8 Å². The highest BCUT2D eigenvalue weighted by Crippen LogP contribution is 2.40. The zero-order valence-corrected chi connectivity index (χ0v) is 20.3. The van der Waals surface area contributed by atoms with Crippen LogP contribution < -0.4 is 10.1 Å². The van der Waals surface area contributed by atoms with Crippen LogP contribution in [0.2, 0.25) is 5.02 Å². The number of nitrogens with one attached hydrogen (secondary N) is 1. The highest BCUT2D eigenvalue weighted by Gasteiger charge is 2.27. The van der Waals surface area contributed by atoms with Crippen LogP contribution in [0.5, 0.6) is 5.75 Å². The fraction of sp³-hybridized carbons (Fsp3) is 0.280. The van der Waals surface area contributed by atoms with Crippen LogP contribution in [0.15, 0.2) is 42.5 Å². The van der Waals surface area contributed by atoms with Crippen molar-refractivity contribution in [1.29, 1.82) is 0 Å². The maximum absolute atomic E-state index is 12.9. The van der Waals surface area contributed by atoms with E-state index in [0.717, 1.165) is 27.1 Å². The third kappa shape index (κ3) is 5.14. The van der Waals surface area contributed by atoms with Gasteiger partial charge in [0.1, 0.15) is 16.3 Å². The topological polar surface area (TPSA) is 64.6 Å². The van der Waals surface area contributed by atoms with Crippen LogP contribution in [0.4, 0.5) is 5.00 Å². The predicted octanol–water partition coefficient (Wildman–Crippen LogP) is 6.58. The molecule has 0 spiro atoms. The lowest BCUT2D eigenvalue weighted by Gasteiger charge is -2.16. The van der Waals surface area contributed by atoms with E-state index in [-0.39, 0.29) is 12.5 Å². The van der Waals surface area contributed by atoms with Crippen LogP contribution in [0.25, 0.3) is 11.1 Å². The molecular weight excluding hydrogens is 446 g/mol. The Morgan fingerprint density at radius 2 is 1.72 bits per heavy atom. The summed E-state index contributed by atoms with van der Waals surface area (Å²) in [6.45, 7) is 9.35. The Labute approximate surface area is 197 Å². The number of hydrogen-bond donors (Lipinski definition) is 1. The molecule has 0 aliphatic carbocycles. The molecule has 1 heterocycles. The lowest BCUT2D eigenvalue weighted by molar-refractivity contribution is -0.122. The standard InChI is InChI=1S/C25H26ClNO4S/c1-6-30-25(29)21-20(18-10-8-7-9-11-18)17(5)32-24(21)27-23(28)16(4)31-19-12-14(2)22(26)15(3)13-19/h7-13,16H,6H2,1-5H3,(H,27,28). The zero-order chi connectivity index (χ0) is 23.4. The number of aryl methyl sites for hydroxylation is 3. The number of carbonyl (C=O) groups excluding carboxylic acids is 2. The number of halogens is 1. The Balaban J connectivity index is 1.89.